The molecule has 0 saturated carbocycles. The maximum absolute atomic E-state index is 12.3. The van der Waals surface area contributed by atoms with Gasteiger partial charge in [-0.25, -0.2) is 4.98 Å². The molecular weight excluding hydrogens is 368 g/mol. The van der Waals surface area contributed by atoms with Gasteiger partial charge in [-0.2, -0.15) is 0 Å². The smallest absolute Gasteiger partial charge is 0.276 e. The van der Waals surface area contributed by atoms with Crippen LogP contribution in [0.15, 0.2) is 42.6 Å². The van der Waals surface area contributed by atoms with Gasteiger partial charge < -0.3 is 15.5 Å². The van der Waals surface area contributed by atoms with Crippen molar-refractivity contribution in [2.24, 2.45) is 5.73 Å². The Bertz CT molecular complexity index is 1050. The van der Waals surface area contributed by atoms with E-state index in [9.17, 15) is 4.79 Å². The zero-order valence-corrected chi connectivity index (χ0v) is 16.3. The minimum absolute atomic E-state index is 0.308. The summed E-state index contributed by atoms with van der Waals surface area (Å²) in [6.07, 6.45) is 4.29. The zero-order chi connectivity index (χ0) is 20.4. The number of pyridine rings is 1. The molecular formula is C21H24N6O2. The number of H-pyrrole nitrogens is 1. The summed E-state index contributed by atoms with van der Waals surface area (Å²) in [5.41, 5.74) is 7.69. The Balaban J connectivity index is 1.51. The number of nitrogens with two attached hydrogens (primary N) is 1. The molecule has 29 heavy (non-hydrogen) atoms. The Morgan fingerprint density at radius 2 is 2.07 bits per heavy atom. The molecule has 8 heteroatoms. The molecule has 0 bridgehead atoms. The highest BCUT2D eigenvalue weighted by atomic mass is 16.5. The number of nitrogens with zero attached hydrogens (tertiary/aromatic N) is 3. The molecule has 0 spiro atoms. The number of guanidine groups is 1. The van der Waals surface area contributed by atoms with Gasteiger partial charge in [0, 0.05) is 42.8 Å². The average molecular weight is 392 g/mol. The van der Waals surface area contributed by atoms with E-state index in [-0.39, 0.29) is 11.9 Å². The Morgan fingerprint density at radius 1 is 1.28 bits per heavy atom. The summed E-state index contributed by atoms with van der Waals surface area (Å²) >= 11 is 0. The van der Waals surface area contributed by atoms with Crippen LogP contribution in [0.3, 0.4) is 0 Å². The lowest BCUT2D eigenvalue weighted by atomic mass is 10.2. The molecule has 3 aromatic rings. The second-order valence-electron chi connectivity index (χ2n) is 7.27. The van der Waals surface area contributed by atoms with Crippen molar-refractivity contribution >= 4 is 22.8 Å². The molecule has 1 aromatic carbocycles. The van der Waals surface area contributed by atoms with Gasteiger partial charge in [0.25, 0.3) is 5.91 Å². The van der Waals surface area contributed by atoms with Crippen LogP contribution in [0, 0.1) is 5.41 Å². The van der Waals surface area contributed by atoms with Crippen molar-refractivity contribution in [3.05, 3.63) is 53.9 Å². The largest absolute Gasteiger partial charge is 0.439 e. The number of amides is 1. The van der Waals surface area contributed by atoms with Crippen molar-refractivity contribution in [1.29, 1.82) is 5.41 Å². The maximum Gasteiger partial charge on any atom is 0.276 e. The number of fused-ring (bicyclic) bond motifs is 1. The second kappa shape index (κ2) is 7.92. The van der Waals surface area contributed by atoms with Gasteiger partial charge in [0.05, 0.1) is 0 Å². The minimum atomic E-state index is -0.368. The molecule has 0 radical (unpaired) electrons. The van der Waals surface area contributed by atoms with Crippen LogP contribution < -0.4 is 10.5 Å². The maximum atomic E-state index is 12.3. The molecule has 3 heterocycles. The van der Waals surface area contributed by atoms with Crippen LogP contribution in [0.25, 0.3) is 10.9 Å². The number of aromatic nitrogens is 2. The van der Waals surface area contributed by atoms with E-state index in [1.165, 1.54) is 25.5 Å². The van der Waals surface area contributed by atoms with Gasteiger partial charge >= 0.3 is 0 Å². The molecule has 4 rings (SSSR count). The highest BCUT2D eigenvalue weighted by molar-refractivity contribution is 6.05. The summed E-state index contributed by atoms with van der Waals surface area (Å²) in [6, 6.07) is 11.3. The van der Waals surface area contributed by atoms with Crippen molar-refractivity contribution in [1.82, 2.24) is 19.8 Å². The van der Waals surface area contributed by atoms with Crippen molar-refractivity contribution in [3.8, 4) is 11.6 Å². The molecule has 0 unspecified atom stereocenters. The van der Waals surface area contributed by atoms with Gasteiger partial charge in [0.1, 0.15) is 11.4 Å². The van der Waals surface area contributed by atoms with Crippen LogP contribution >= 0.6 is 0 Å². The quantitative estimate of drug-likeness (QED) is 0.457. The molecule has 8 nitrogen and oxygen atoms in total. The first-order valence-corrected chi connectivity index (χ1v) is 9.59. The molecule has 1 aliphatic rings. The van der Waals surface area contributed by atoms with Crippen LogP contribution in [0.2, 0.25) is 0 Å². The first kappa shape index (κ1) is 18.9. The number of carbonyl (C=O) groups is 1. The van der Waals surface area contributed by atoms with Crippen LogP contribution in [0.4, 0.5) is 0 Å². The monoisotopic (exact) mass is 392 g/mol. The normalized spacial score (nSPS) is 14.2. The number of hydrogen-bond acceptors (Lipinski definition) is 5. The van der Waals surface area contributed by atoms with Gasteiger partial charge in [0.15, 0.2) is 5.96 Å². The fourth-order valence-corrected chi connectivity index (χ4v) is 3.50. The van der Waals surface area contributed by atoms with Gasteiger partial charge in [-0.3, -0.25) is 20.0 Å². The average Bonchev–Trinajstić information content (AvgIpc) is 3.36. The van der Waals surface area contributed by atoms with E-state index in [1.807, 2.05) is 30.3 Å². The van der Waals surface area contributed by atoms with E-state index in [0.717, 1.165) is 35.4 Å². The standard InChI is InChI=1S/C21H24N6O2/c1-26(21(22)23)20(28)18-11-15-4-5-16(12-17(15)25-18)29-19-10-14(6-7-24-19)13-27-8-2-3-9-27/h4-7,10-12,25H,2-3,8-9,13H2,1H3,(H3,22,23). The van der Waals surface area contributed by atoms with Crippen LogP contribution in [0.5, 0.6) is 11.6 Å². The zero-order valence-electron chi connectivity index (χ0n) is 16.3. The van der Waals surface area contributed by atoms with Crippen LogP contribution in [-0.4, -0.2) is 51.8 Å². The Hall–Kier alpha value is -3.39. The molecule has 0 atom stereocenters. The Labute approximate surface area is 168 Å². The summed E-state index contributed by atoms with van der Waals surface area (Å²) in [5, 5.41) is 8.27. The Morgan fingerprint density at radius 3 is 2.83 bits per heavy atom. The predicted octanol–water partition coefficient (Wildman–Crippen LogP) is 2.92. The summed E-state index contributed by atoms with van der Waals surface area (Å²) < 4.78 is 5.95. The van der Waals surface area contributed by atoms with Crippen molar-refractivity contribution in [3.63, 3.8) is 0 Å². The molecule has 1 fully saturated rings. The summed E-state index contributed by atoms with van der Waals surface area (Å²) in [6.45, 7) is 3.19. The molecule has 0 aliphatic carbocycles. The van der Waals surface area contributed by atoms with Gasteiger partial charge in [-0.05, 0) is 55.8 Å². The predicted molar refractivity (Wildman–Crippen MR) is 111 cm³/mol. The first-order chi connectivity index (χ1) is 14.0. The van der Waals surface area contributed by atoms with E-state index in [2.05, 4.69) is 14.9 Å². The van der Waals surface area contributed by atoms with Crippen molar-refractivity contribution in [2.45, 2.75) is 19.4 Å². The van der Waals surface area contributed by atoms with E-state index in [4.69, 9.17) is 15.9 Å². The molecule has 1 saturated heterocycles. The highest BCUT2D eigenvalue weighted by Gasteiger charge is 2.17. The van der Waals surface area contributed by atoms with Crippen molar-refractivity contribution < 1.29 is 9.53 Å². The SMILES string of the molecule is CN(C(=N)N)C(=O)c1cc2ccc(Oc3cc(CN4CCCC4)ccn3)cc2[nH]1. The van der Waals surface area contributed by atoms with E-state index in [0.29, 0.717) is 17.3 Å². The number of likely N-dealkylation sites (tertiary alicyclic amines) is 1. The summed E-state index contributed by atoms with van der Waals surface area (Å²) in [7, 11) is 1.46. The number of hydrogen-bond donors (Lipinski definition) is 3. The fraction of sp³-hybridized carbons (Fsp3) is 0.286. The summed E-state index contributed by atoms with van der Waals surface area (Å²) in [4.78, 5) is 23.2. The number of rotatable bonds is 5. The van der Waals surface area contributed by atoms with Crippen molar-refractivity contribution in [2.75, 3.05) is 20.1 Å². The van der Waals surface area contributed by atoms with Gasteiger partial charge in [-0.15, -0.1) is 0 Å². The Kier molecular flexibility index (Phi) is 5.18. The first-order valence-electron chi connectivity index (χ1n) is 9.59. The fourth-order valence-electron chi connectivity index (χ4n) is 3.50. The van der Waals surface area contributed by atoms with Crippen LogP contribution in [-0.2, 0) is 6.54 Å². The number of ether oxygens (including phenoxy) is 1. The lowest BCUT2D eigenvalue weighted by Gasteiger charge is -2.14. The third-order valence-electron chi connectivity index (χ3n) is 5.12. The lowest BCUT2D eigenvalue weighted by molar-refractivity contribution is 0.0864. The van der Waals surface area contributed by atoms with E-state index in [1.54, 1.807) is 12.3 Å². The van der Waals surface area contributed by atoms with Gasteiger partial charge in [-0.1, -0.05) is 0 Å². The third kappa shape index (κ3) is 4.22. The lowest BCUT2D eigenvalue weighted by Crippen LogP contribution is -2.38. The van der Waals surface area contributed by atoms with Crippen LogP contribution in [0.1, 0.15) is 28.9 Å². The molecule has 1 aliphatic heterocycles. The van der Waals surface area contributed by atoms with Gasteiger partial charge in [0.2, 0.25) is 5.88 Å². The topological polar surface area (TPSA) is 111 Å². The van der Waals surface area contributed by atoms with E-state index < -0.39 is 0 Å². The highest BCUT2D eigenvalue weighted by Crippen LogP contribution is 2.26. The molecule has 150 valence electrons. The summed E-state index contributed by atoms with van der Waals surface area (Å²) in [5.74, 6) is 0.495. The number of nitrogens with one attached hydrogen (secondary N) is 2. The van der Waals surface area contributed by atoms with E-state index >= 15 is 0 Å². The minimum Gasteiger partial charge on any atom is -0.439 e. The number of aromatic amines is 1. The number of benzene rings is 1. The molecule has 2 aromatic heterocycles. The third-order valence-corrected chi connectivity index (χ3v) is 5.12. The number of carbonyl (C=O) groups excluding carboxylic acids is 1. The second-order valence-corrected chi connectivity index (χ2v) is 7.27. The molecule has 4 N–H and O–H groups in total. The molecule has 1 amide bonds.